The Morgan fingerprint density at radius 3 is 3.00 bits per heavy atom. The van der Waals surface area contributed by atoms with Gasteiger partial charge in [0.25, 0.3) is 0 Å². The van der Waals surface area contributed by atoms with E-state index in [0.29, 0.717) is 18.1 Å². The molecule has 0 saturated carbocycles. The average Bonchev–Trinajstić information content (AvgIpc) is 3.22. The Labute approximate surface area is 150 Å². The second-order valence-electron chi connectivity index (χ2n) is 6.32. The zero-order valence-corrected chi connectivity index (χ0v) is 14.9. The maximum absolute atomic E-state index is 12.9. The van der Waals surface area contributed by atoms with Crippen LogP contribution < -0.4 is 4.74 Å². The Kier molecular flexibility index (Phi) is 3.92. The SMILES string of the molecule is COc1ccc2[nH]c3c(c2c1)CN(C(=O)C(C)n1cc(Cl)cn1)CC3. The fourth-order valence-corrected chi connectivity index (χ4v) is 3.56. The minimum absolute atomic E-state index is 0.0441. The number of hydrogen-bond acceptors (Lipinski definition) is 3. The van der Waals surface area contributed by atoms with E-state index >= 15 is 0 Å². The molecule has 1 atom stereocenters. The van der Waals surface area contributed by atoms with Crippen molar-refractivity contribution >= 4 is 28.4 Å². The molecule has 0 radical (unpaired) electrons. The number of carbonyl (C=O) groups is 1. The summed E-state index contributed by atoms with van der Waals surface area (Å²) in [6.45, 7) is 3.12. The summed E-state index contributed by atoms with van der Waals surface area (Å²) < 4.78 is 6.95. The first-order valence-electron chi connectivity index (χ1n) is 8.22. The summed E-state index contributed by atoms with van der Waals surface area (Å²) >= 11 is 5.92. The molecule has 25 heavy (non-hydrogen) atoms. The van der Waals surface area contributed by atoms with Crippen molar-refractivity contribution in [1.82, 2.24) is 19.7 Å². The number of fused-ring (bicyclic) bond motifs is 3. The number of nitrogens with one attached hydrogen (secondary N) is 1. The first-order valence-corrected chi connectivity index (χ1v) is 8.60. The number of halogens is 1. The molecule has 0 aliphatic carbocycles. The lowest BCUT2D eigenvalue weighted by Gasteiger charge is -2.29. The van der Waals surface area contributed by atoms with E-state index in [-0.39, 0.29) is 11.9 Å². The summed E-state index contributed by atoms with van der Waals surface area (Å²) in [5, 5.41) is 5.80. The molecule has 0 spiro atoms. The van der Waals surface area contributed by atoms with Crippen molar-refractivity contribution in [3.8, 4) is 5.75 Å². The van der Waals surface area contributed by atoms with Crippen molar-refractivity contribution in [1.29, 1.82) is 0 Å². The smallest absolute Gasteiger partial charge is 0.247 e. The van der Waals surface area contributed by atoms with Crippen molar-refractivity contribution in [2.45, 2.75) is 25.9 Å². The molecule has 1 aliphatic rings. The number of rotatable bonds is 3. The number of benzene rings is 1. The van der Waals surface area contributed by atoms with Crippen LogP contribution in [0.1, 0.15) is 24.2 Å². The van der Waals surface area contributed by atoms with Gasteiger partial charge < -0.3 is 14.6 Å². The highest BCUT2D eigenvalue weighted by Crippen LogP contribution is 2.31. The average molecular weight is 359 g/mol. The molecule has 4 rings (SSSR count). The molecule has 1 aliphatic heterocycles. The summed E-state index contributed by atoms with van der Waals surface area (Å²) in [6, 6.07) is 5.60. The Bertz CT molecular complexity index is 946. The molecule has 6 nitrogen and oxygen atoms in total. The minimum Gasteiger partial charge on any atom is -0.497 e. The molecule has 130 valence electrons. The highest BCUT2D eigenvalue weighted by atomic mass is 35.5. The van der Waals surface area contributed by atoms with E-state index in [1.807, 2.05) is 30.0 Å². The molecule has 1 amide bonds. The van der Waals surface area contributed by atoms with Crippen molar-refractivity contribution in [2.24, 2.45) is 0 Å². The van der Waals surface area contributed by atoms with E-state index in [0.717, 1.165) is 23.1 Å². The van der Waals surface area contributed by atoms with E-state index in [4.69, 9.17) is 16.3 Å². The van der Waals surface area contributed by atoms with Gasteiger partial charge in [-0.2, -0.15) is 5.10 Å². The normalized spacial score (nSPS) is 15.2. The fourth-order valence-electron chi connectivity index (χ4n) is 3.41. The van der Waals surface area contributed by atoms with Gasteiger partial charge in [-0.1, -0.05) is 11.6 Å². The standard InChI is InChI=1S/C18H19ClN4O2/c1-11(23-9-12(19)8-20-23)18(24)22-6-5-17-15(10-22)14-7-13(25-2)3-4-16(14)21-17/h3-4,7-9,11,21H,5-6,10H2,1-2H3. The fraction of sp³-hybridized carbons (Fsp3) is 0.333. The van der Waals surface area contributed by atoms with Crippen molar-refractivity contribution in [3.63, 3.8) is 0 Å². The Morgan fingerprint density at radius 1 is 1.44 bits per heavy atom. The highest BCUT2D eigenvalue weighted by Gasteiger charge is 2.28. The lowest BCUT2D eigenvalue weighted by molar-refractivity contribution is -0.135. The number of hydrogen-bond donors (Lipinski definition) is 1. The molecule has 2 aromatic heterocycles. The van der Waals surface area contributed by atoms with Crippen LogP contribution in [-0.2, 0) is 17.8 Å². The van der Waals surface area contributed by atoms with Gasteiger partial charge in [-0.15, -0.1) is 0 Å². The monoisotopic (exact) mass is 358 g/mol. The van der Waals surface area contributed by atoms with Gasteiger partial charge in [-0.25, -0.2) is 0 Å². The number of amides is 1. The van der Waals surface area contributed by atoms with Crippen LogP contribution in [0.15, 0.2) is 30.6 Å². The van der Waals surface area contributed by atoms with Crippen molar-refractivity contribution < 1.29 is 9.53 Å². The van der Waals surface area contributed by atoms with Gasteiger partial charge in [-0.3, -0.25) is 9.48 Å². The van der Waals surface area contributed by atoms with Crippen LogP contribution in [-0.4, -0.2) is 39.2 Å². The number of aromatic amines is 1. The quantitative estimate of drug-likeness (QED) is 0.782. The maximum Gasteiger partial charge on any atom is 0.247 e. The van der Waals surface area contributed by atoms with Crippen molar-refractivity contribution in [3.05, 3.63) is 46.9 Å². The number of carbonyl (C=O) groups excluding carboxylic acids is 1. The van der Waals surface area contributed by atoms with Crippen LogP contribution in [0.4, 0.5) is 0 Å². The number of ether oxygens (including phenoxy) is 1. The van der Waals surface area contributed by atoms with E-state index in [1.54, 1.807) is 24.2 Å². The van der Waals surface area contributed by atoms with E-state index in [2.05, 4.69) is 10.1 Å². The summed E-state index contributed by atoms with van der Waals surface area (Å²) in [5.74, 6) is 0.861. The van der Waals surface area contributed by atoms with Gasteiger partial charge in [0.2, 0.25) is 5.91 Å². The van der Waals surface area contributed by atoms with Crippen molar-refractivity contribution in [2.75, 3.05) is 13.7 Å². The van der Waals surface area contributed by atoms with Crippen LogP contribution in [0.25, 0.3) is 10.9 Å². The molecule has 7 heteroatoms. The maximum atomic E-state index is 12.9. The predicted molar refractivity (Wildman–Crippen MR) is 95.9 cm³/mol. The first-order chi connectivity index (χ1) is 12.1. The van der Waals surface area contributed by atoms with Crippen LogP contribution in [0, 0.1) is 0 Å². The van der Waals surface area contributed by atoms with Crippen LogP contribution in [0.5, 0.6) is 5.75 Å². The molecular formula is C18H19ClN4O2. The predicted octanol–water partition coefficient (Wildman–Crippen LogP) is 3.17. The highest BCUT2D eigenvalue weighted by molar-refractivity contribution is 6.30. The second kappa shape index (κ2) is 6.11. The number of nitrogens with zero attached hydrogens (tertiary/aromatic N) is 3. The molecule has 3 heterocycles. The zero-order valence-electron chi connectivity index (χ0n) is 14.1. The van der Waals surface area contributed by atoms with E-state index < -0.39 is 0 Å². The largest absolute Gasteiger partial charge is 0.497 e. The van der Waals surface area contributed by atoms with Gasteiger partial charge >= 0.3 is 0 Å². The van der Waals surface area contributed by atoms with Gasteiger partial charge in [0.05, 0.1) is 18.3 Å². The third-order valence-electron chi connectivity index (χ3n) is 4.82. The number of H-pyrrole nitrogens is 1. The van der Waals surface area contributed by atoms with Crippen LogP contribution in [0.3, 0.4) is 0 Å². The molecule has 1 aromatic carbocycles. The van der Waals surface area contributed by atoms with E-state index in [9.17, 15) is 4.79 Å². The lowest BCUT2D eigenvalue weighted by Crippen LogP contribution is -2.39. The molecule has 1 N–H and O–H groups in total. The van der Waals surface area contributed by atoms with Gasteiger partial charge in [-0.05, 0) is 25.1 Å². The molecule has 1 unspecified atom stereocenters. The van der Waals surface area contributed by atoms with Gasteiger partial charge in [0.1, 0.15) is 11.8 Å². The Morgan fingerprint density at radius 2 is 2.28 bits per heavy atom. The summed E-state index contributed by atoms with van der Waals surface area (Å²) in [5.41, 5.74) is 3.44. The Balaban J connectivity index is 1.62. The Hall–Kier alpha value is -2.47. The molecule has 0 saturated heterocycles. The lowest BCUT2D eigenvalue weighted by atomic mass is 10.0. The number of aromatic nitrogens is 3. The van der Waals surface area contributed by atoms with Crippen LogP contribution in [0.2, 0.25) is 5.02 Å². The number of methoxy groups -OCH3 is 1. The molecule has 0 bridgehead atoms. The van der Waals surface area contributed by atoms with Crippen LogP contribution >= 0.6 is 11.6 Å². The topological polar surface area (TPSA) is 63.1 Å². The third kappa shape index (κ3) is 2.76. The summed E-state index contributed by atoms with van der Waals surface area (Å²) in [6.07, 6.45) is 4.03. The summed E-state index contributed by atoms with van der Waals surface area (Å²) in [4.78, 5) is 18.2. The third-order valence-corrected chi connectivity index (χ3v) is 5.01. The molecule has 0 fully saturated rings. The van der Waals surface area contributed by atoms with Gasteiger partial charge in [0, 0.05) is 47.9 Å². The first kappa shape index (κ1) is 16.0. The molecule has 3 aromatic rings. The van der Waals surface area contributed by atoms with E-state index in [1.165, 1.54) is 11.3 Å². The molecular weight excluding hydrogens is 340 g/mol. The second-order valence-corrected chi connectivity index (χ2v) is 6.75. The summed E-state index contributed by atoms with van der Waals surface area (Å²) in [7, 11) is 1.66. The zero-order chi connectivity index (χ0) is 17.6. The minimum atomic E-state index is -0.381. The van der Waals surface area contributed by atoms with Gasteiger partial charge in [0.15, 0.2) is 0 Å².